The fraction of sp³-hybridized carbons (Fsp3) is 0.333. The van der Waals surface area contributed by atoms with Gasteiger partial charge in [-0.1, -0.05) is 24.3 Å². The van der Waals surface area contributed by atoms with Gasteiger partial charge in [0.1, 0.15) is 0 Å². The van der Waals surface area contributed by atoms with Crippen LogP contribution in [0.3, 0.4) is 0 Å². The highest BCUT2D eigenvalue weighted by molar-refractivity contribution is 7.89. The Hall–Kier alpha value is -2.71. The molecule has 1 amide bonds. The first-order chi connectivity index (χ1) is 13.6. The fourth-order valence-corrected chi connectivity index (χ4v) is 4.18. The summed E-state index contributed by atoms with van der Waals surface area (Å²) in [5.74, 6) is -1.04. The summed E-state index contributed by atoms with van der Waals surface area (Å²) in [6.45, 7) is 3.75. The lowest BCUT2D eigenvalue weighted by atomic mass is 10.1. The summed E-state index contributed by atoms with van der Waals surface area (Å²) in [4.78, 5) is 27.1. The van der Waals surface area contributed by atoms with Crippen molar-refractivity contribution in [2.75, 3.05) is 25.5 Å². The number of para-hydroxylation sites is 1. The molecule has 2 aromatic carbocycles. The molecule has 0 spiro atoms. The van der Waals surface area contributed by atoms with Gasteiger partial charge in [-0.25, -0.2) is 17.5 Å². The Morgan fingerprint density at radius 2 is 1.83 bits per heavy atom. The number of fused-ring (bicyclic) bond motifs is 1. The number of esters is 1. The van der Waals surface area contributed by atoms with E-state index in [1.807, 2.05) is 24.3 Å². The second-order valence-corrected chi connectivity index (χ2v) is 9.33. The van der Waals surface area contributed by atoms with Gasteiger partial charge in [-0.05, 0) is 49.6 Å². The van der Waals surface area contributed by atoms with Gasteiger partial charge in [0.2, 0.25) is 10.0 Å². The molecule has 1 aliphatic rings. The van der Waals surface area contributed by atoms with Crippen LogP contribution in [0, 0.1) is 6.92 Å². The number of hydrogen-bond acceptors (Lipinski definition) is 5. The number of amides is 1. The van der Waals surface area contributed by atoms with Crippen LogP contribution in [0.15, 0.2) is 47.4 Å². The van der Waals surface area contributed by atoms with Gasteiger partial charge in [0.25, 0.3) is 5.91 Å². The molecule has 2 aromatic rings. The van der Waals surface area contributed by atoms with Crippen LogP contribution in [0.1, 0.15) is 28.4 Å². The van der Waals surface area contributed by atoms with Crippen LogP contribution < -0.4 is 4.90 Å². The quantitative estimate of drug-likeness (QED) is 0.699. The largest absolute Gasteiger partial charge is 0.449 e. The molecular weight excluding hydrogens is 392 g/mol. The Morgan fingerprint density at radius 1 is 1.14 bits per heavy atom. The molecule has 0 aromatic heterocycles. The van der Waals surface area contributed by atoms with E-state index in [4.69, 9.17) is 4.74 Å². The molecule has 0 saturated carbocycles. The molecule has 0 fully saturated rings. The number of anilines is 1. The molecule has 154 valence electrons. The molecule has 0 unspecified atom stereocenters. The highest BCUT2D eigenvalue weighted by atomic mass is 32.2. The SMILES string of the molecule is Cc1ccc(S(=O)(=O)N(C)C)cc1C(=O)O[C@H](C)C(=O)N1CCc2ccccc21. The average molecular weight is 416 g/mol. The first kappa shape index (κ1) is 21.0. The zero-order valence-electron chi connectivity index (χ0n) is 16.9. The van der Waals surface area contributed by atoms with E-state index in [1.54, 1.807) is 17.9 Å². The van der Waals surface area contributed by atoms with Gasteiger partial charge in [0.15, 0.2) is 6.10 Å². The second kappa shape index (κ2) is 7.96. The first-order valence-electron chi connectivity index (χ1n) is 9.26. The Labute approximate surface area is 170 Å². The van der Waals surface area contributed by atoms with Crippen molar-refractivity contribution in [2.45, 2.75) is 31.3 Å². The van der Waals surface area contributed by atoms with Crippen molar-refractivity contribution in [3.8, 4) is 0 Å². The van der Waals surface area contributed by atoms with Crippen LogP contribution in [0.4, 0.5) is 5.69 Å². The van der Waals surface area contributed by atoms with E-state index >= 15 is 0 Å². The molecule has 0 saturated heterocycles. The monoisotopic (exact) mass is 416 g/mol. The second-order valence-electron chi connectivity index (χ2n) is 7.18. The predicted octanol–water partition coefficient (Wildman–Crippen LogP) is 2.38. The van der Waals surface area contributed by atoms with Gasteiger partial charge < -0.3 is 9.64 Å². The van der Waals surface area contributed by atoms with Crippen molar-refractivity contribution in [1.29, 1.82) is 0 Å². The van der Waals surface area contributed by atoms with Crippen molar-refractivity contribution < 1.29 is 22.7 Å². The minimum Gasteiger partial charge on any atom is -0.449 e. The molecule has 8 heteroatoms. The molecule has 1 aliphatic heterocycles. The van der Waals surface area contributed by atoms with Crippen molar-refractivity contribution in [2.24, 2.45) is 0 Å². The number of aryl methyl sites for hydroxylation is 1. The molecule has 1 heterocycles. The number of carbonyl (C=O) groups excluding carboxylic acids is 2. The number of ether oxygens (including phenoxy) is 1. The molecule has 29 heavy (non-hydrogen) atoms. The van der Waals surface area contributed by atoms with E-state index in [2.05, 4.69) is 0 Å². The van der Waals surface area contributed by atoms with Gasteiger partial charge in [-0.2, -0.15) is 0 Å². The predicted molar refractivity (Wildman–Crippen MR) is 109 cm³/mol. The maximum absolute atomic E-state index is 12.8. The zero-order chi connectivity index (χ0) is 21.3. The van der Waals surface area contributed by atoms with Gasteiger partial charge in [0.05, 0.1) is 10.5 Å². The Kier molecular flexibility index (Phi) is 5.77. The van der Waals surface area contributed by atoms with E-state index in [-0.39, 0.29) is 16.4 Å². The molecule has 3 rings (SSSR count). The topological polar surface area (TPSA) is 84.0 Å². The molecule has 7 nitrogen and oxygen atoms in total. The standard InChI is InChI=1S/C21H24N2O5S/c1-14-9-10-17(29(26,27)22(3)4)13-18(14)21(25)28-15(2)20(24)23-12-11-16-7-5-6-8-19(16)23/h5-10,13,15H,11-12H2,1-4H3/t15-/m1/s1. The summed E-state index contributed by atoms with van der Waals surface area (Å²) >= 11 is 0. The molecule has 1 atom stereocenters. The molecular formula is C21H24N2O5S. The number of hydrogen-bond donors (Lipinski definition) is 0. The Morgan fingerprint density at radius 3 is 2.52 bits per heavy atom. The van der Waals surface area contributed by atoms with E-state index < -0.39 is 22.1 Å². The summed E-state index contributed by atoms with van der Waals surface area (Å²) in [6.07, 6.45) is -0.242. The lowest BCUT2D eigenvalue weighted by molar-refractivity contribution is -0.126. The van der Waals surface area contributed by atoms with Gasteiger partial charge in [-0.15, -0.1) is 0 Å². The molecule has 0 bridgehead atoms. The number of sulfonamides is 1. The maximum Gasteiger partial charge on any atom is 0.339 e. The normalized spacial score (nSPS) is 14.6. The minimum absolute atomic E-state index is 0.00694. The van der Waals surface area contributed by atoms with Gasteiger partial charge in [0, 0.05) is 26.3 Å². The lowest BCUT2D eigenvalue weighted by Crippen LogP contribution is -2.39. The number of nitrogens with zero attached hydrogens (tertiary/aromatic N) is 2. The van der Waals surface area contributed by atoms with Crippen molar-refractivity contribution in [3.05, 3.63) is 59.2 Å². The van der Waals surface area contributed by atoms with Gasteiger partial charge in [-0.3, -0.25) is 4.79 Å². The number of benzene rings is 2. The molecule has 0 N–H and O–H groups in total. The van der Waals surface area contributed by atoms with E-state index in [0.717, 1.165) is 22.0 Å². The average Bonchev–Trinajstić information content (AvgIpc) is 3.11. The molecule has 0 aliphatic carbocycles. The van der Waals surface area contributed by atoms with E-state index in [9.17, 15) is 18.0 Å². The smallest absolute Gasteiger partial charge is 0.339 e. The van der Waals surface area contributed by atoms with Crippen LogP contribution in [0.5, 0.6) is 0 Å². The van der Waals surface area contributed by atoms with Crippen molar-refractivity contribution in [1.82, 2.24) is 4.31 Å². The summed E-state index contributed by atoms with van der Waals surface area (Å²) in [5, 5.41) is 0. The third kappa shape index (κ3) is 4.04. The molecule has 0 radical (unpaired) electrons. The third-order valence-corrected chi connectivity index (χ3v) is 6.80. The fourth-order valence-electron chi connectivity index (χ4n) is 3.25. The summed E-state index contributed by atoms with van der Waals surface area (Å²) in [6, 6.07) is 11.9. The first-order valence-corrected chi connectivity index (χ1v) is 10.7. The van der Waals surface area contributed by atoms with Crippen molar-refractivity contribution >= 4 is 27.6 Å². The highest BCUT2D eigenvalue weighted by Gasteiger charge is 2.30. The van der Waals surface area contributed by atoms with Crippen LogP contribution in [-0.4, -0.2) is 51.3 Å². The van der Waals surface area contributed by atoms with Crippen LogP contribution in [0.25, 0.3) is 0 Å². The van der Waals surface area contributed by atoms with E-state index in [0.29, 0.717) is 12.1 Å². The summed E-state index contributed by atoms with van der Waals surface area (Å²) in [7, 11) is -0.854. The highest BCUT2D eigenvalue weighted by Crippen LogP contribution is 2.28. The van der Waals surface area contributed by atoms with Crippen LogP contribution in [0.2, 0.25) is 0 Å². The zero-order valence-corrected chi connectivity index (χ0v) is 17.7. The third-order valence-electron chi connectivity index (χ3n) is 4.99. The number of rotatable bonds is 5. The van der Waals surface area contributed by atoms with E-state index in [1.165, 1.54) is 33.2 Å². The summed E-state index contributed by atoms with van der Waals surface area (Å²) < 4.78 is 31.2. The lowest BCUT2D eigenvalue weighted by Gasteiger charge is -2.22. The van der Waals surface area contributed by atoms with Gasteiger partial charge >= 0.3 is 5.97 Å². The Balaban J connectivity index is 1.79. The van der Waals surface area contributed by atoms with Crippen LogP contribution >= 0.6 is 0 Å². The maximum atomic E-state index is 12.8. The van der Waals surface area contributed by atoms with Crippen molar-refractivity contribution in [3.63, 3.8) is 0 Å². The Bertz CT molecular complexity index is 1060. The minimum atomic E-state index is -3.69. The summed E-state index contributed by atoms with van der Waals surface area (Å²) in [5.41, 5.74) is 2.60. The number of carbonyl (C=O) groups is 2. The van der Waals surface area contributed by atoms with Crippen LogP contribution in [-0.2, 0) is 26.0 Å².